The molecule has 8 heteroatoms. The van der Waals surface area contributed by atoms with Crippen LogP contribution in [0.15, 0.2) is 6.07 Å². The van der Waals surface area contributed by atoms with E-state index < -0.39 is 23.8 Å². The predicted octanol–water partition coefficient (Wildman–Crippen LogP) is 3.90. The van der Waals surface area contributed by atoms with Gasteiger partial charge in [0.1, 0.15) is 5.15 Å². The summed E-state index contributed by atoms with van der Waals surface area (Å²) < 4.78 is 10.3. The molecule has 2 heterocycles. The van der Waals surface area contributed by atoms with Gasteiger partial charge in [0.05, 0.1) is 23.4 Å². The summed E-state index contributed by atoms with van der Waals surface area (Å²) >= 11 is 6.07. The SMILES string of the molecule is CCOC(=O)c1c(C)[nH]c(C(=O)[C@H](C)OC(=O)c2c(C)cc(C)nc2Cl)c1C. The molecule has 0 aliphatic heterocycles. The second kappa shape index (κ2) is 8.56. The number of H-pyrrole nitrogens is 1. The second-order valence-electron chi connectivity index (χ2n) is 6.50. The predicted molar refractivity (Wildman–Crippen MR) is 104 cm³/mol. The lowest BCUT2D eigenvalue weighted by atomic mass is 10.1. The number of carbonyl (C=O) groups is 3. The molecule has 1 atom stereocenters. The van der Waals surface area contributed by atoms with E-state index in [0.717, 1.165) is 0 Å². The lowest BCUT2D eigenvalue weighted by Crippen LogP contribution is -2.26. The van der Waals surface area contributed by atoms with Crippen molar-refractivity contribution in [2.45, 2.75) is 47.6 Å². The minimum atomic E-state index is -1.09. The number of aromatic amines is 1. The van der Waals surface area contributed by atoms with Gasteiger partial charge in [-0.05, 0) is 58.7 Å². The largest absolute Gasteiger partial charge is 0.462 e. The van der Waals surface area contributed by atoms with Gasteiger partial charge >= 0.3 is 11.9 Å². The zero-order chi connectivity index (χ0) is 21.2. The Labute approximate surface area is 168 Å². The smallest absolute Gasteiger partial charge is 0.342 e. The van der Waals surface area contributed by atoms with Crippen molar-refractivity contribution in [2.24, 2.45) is 0 Å². The van der Waals surface area contributed by atoms with Gasteiger partial charge in [-0.25, -0.2) is 14.6 Å². The minimum absolute atomic E-state index is 0.0265. The summed E-state index contributed by atoms with van der Waals surface area (Å²) in [4.78, 5) is 44.4. The van der Waals surface area contributed by atoms with Crippen molar-refractivity contribution in [2.75, 3.05) is 6.61 Å². The Morgan fingerprint density at radius 1 is 1.14 bits per heavy atom. The van der Waals surface area contributed by atoms with Crippen LogP contribution in [0.2, 0.25) is 5.15 Å². The van der Waals surface area contributed by atoms with E-state index in [2.05, 4.69) is 9.97 Å². The molecule has 0 aromatic carbocycles. The molecule has 1 N–H and O–H groups in total. The van der Waals surface area contributed by atoms with Crippen molar-refractivity contribution in [1.82, 2.24) is 9.97 Å². The van der Waals surface area contributed by atoms with E-state index in [-0.39, 0.29) is 23.0 Å². The number of nitrogens with zero attached hydrogens (tertiary/aromatic N) is 1. The maximum atomic E-state index is 12.8. The number of Topliss-reactive ketones (excluding diaryl/α,β-unsaturated/α-hetero) is 1. The molecule has 0 amide bonds. The molecule has 0 spiro atoms. The second-order valence-corrected chi connectivity index (χ2v) is 6.86. The molecule has 0 saturated heterocycles. The van der Waals surface area contributed by atoms with Crippen molar-refractivity contribution in [1.29, 1.82) is 0 Å². The highest BCUT2D eigenvalue weighted by atomic mass is 35.5. The summed E-state index contributed by atoms with van der Waals surface area (Å²) in [6.07, 6.45) is -1.09. The molecule has 0 saturated carbocycles. The molecule has 0 aliphatic carbocycles. The zero-order valence-electron chi connectivity index (χ0n) is 16.7. The van der Waals surface area contributed by atoms with Crippen LogP contribution in [-0.2, 0) is 9.47 Å². The Bertz CT molecular complexity index is 925. The maximum absolute atomic E-state index is 12.8. The van der Waals surface area contributed by atoms with Crippen molar-refractivity contribution in [3.05, 3.63) is 50.6 Å². The first-order valence-electron chi connectivity index (χ1n) is 8.83. The number of hydrogen-bond donors (Lipinski definition) is 1. The fraction of sp³-hybridized carbons (Fsp3) is 0.400. The molecule has 0 radical (unpaired) electrons. The fourth-order valence-corrected chi connectivity index (χ4v) is 3.38. The third kappa shape index (κ3) is 4.25. The van der Waals surface area contributed by atoms with Crippen LogP contribution in [-0.4, -0.2) is 40.4 Å². The molecule has 2 aromatic rings. The Morgan fingerprint density at radius 3 is 2.36 bits per heavy atom. The molecular formula is C20H23ClN2O5. The number of aryl methyl sites for hydroxylation is 3. The van der Waals surface area contributed by atoms with Crippen molar-refractivity contribution in [3.8, 4) is 0 Å². The van der Waals surface area contributed by atoms with Crippen LogP contribution in [0.5, 0.6) is 0 Å². The third-order valence-corrected chi connectivity index (χ3v) is 4.59. The fourth-order valence-electron chi connectivity index (χ4n) is 3.02. The number of halogens is 1. The minimum Gasteiger partial charge on any atom is -0.462 e. The highest BCUT2D eigenvalue weighted by molar-refractivity contribution is 6.32. The van der Waals surface area contributed by atoms with Crippen molar-refractivity contribution in [3.63, 3.8) is 0 Å². The number of hydrogen-bond acceptors (Lipinski definition) is 6. The number of ether oxygens (including phenoxy) is 2. The first-order valence-corrected chi connectivity index (χ1v) is 9.21. The van der Waals surface area contributed by atoms with Crippen LogP contribution >= 0.6 is 11.6 Å². The molecule has 0 unspecified atom stereocenters. The van der Waals surface area contributed by atoms with Crippen LogP contribution in [0, 0.1) is 27.7 Å². The average Bonchev–Trinajstić information content (AvgIpc) is 2.87. The van der Waals surface area contributed by atoms with Gasteiger partial charge in [-0.3, -0.25) is 4.79 Å². The first kappa shape index (κ1) is 21.6. The van der Waals surface area contributed by atoms with Gasteiger partial charge in [-0.1, -0.05) is 11.6 Å². The highest BCUT2D eigenvalue weighted by Gasteiger charge is 2.28. The number of ketones is 1. The van der Waals surface area contributed by atoms with Crippen molar-refractivity contribution >= 4 is 29.3 Å². The van der Waals surface area contributed by atoms with Gasteiger partial charge in [0.25, 0.3) is 0 Å². The number of esters is 2. The number of carbonyl (C=O) groups excluding carboxylic acids is 3. The molecule has 0 aliphatic rings. The Hall–Kier alpha value is -2.67. The molecule has 0 fully saturated rings. The Kier molecular flexibility index (Phi) is 6.61. The summed E-state index contributed by atoms with van der Waals surface area (Å²) in [6.45, 7) is 10.2. The maximum Gasteiger partial charge on any atom is 0.342 e. The van der Waals surface area contributed by atoms with Crippen LogP contribution in [0.4, 0.5) is 0 Å². The summed E-state index contributed by atoms with van der Waals surface area (Å²) in [5.74, 6) is -1.70. The van der Waals surface area contributed by atoms with Crippen LogP contribution in [0.3, 0.4) is 0 Å². The summed E-state index contributed by atoms with van der Waals surface area (Å²) in [5.41, 5.74) is 2.88. The van der Waals surface area contributed by atoms with E-state index in [1.54, 1.807) is 40.7 Å². The summed E-state index contributed by atoms with van der Waals surface area (Å²) in [5, 5.41) is 0.0265. The standard InChI is InChI=1S/C20H23ClN2O5/c1-7-27-19(25)15-11(4)16(23-12(15)5)17(24)13(6)28-20(26)14-9(2)8-10(3)22-18(14)21/h8,13,23H,7H2,1-6H3/t13-/m0/s1. The van der Waals surface area contributed by atoms with Gasteiger partial charge in [0, 0.05) is 11.4 Å². The zero-order valence-corrected chi connectivity index (χ0v) is 17.5. The number of pyridine rings is 1. The topological polar surface area (TPSA) is 98.4 Å². The van der Waals surface area contributed by atoms with E-state index in [4.69, 9.17) is 21.1 Å². The molecule has 28 heavy (non-hydrogen) atoms. The number of nitrogens with one attached hydrogen (secondary N) is 1. The monoisotopic (exact) mass is 406 g/mol. The Morgan fingerprint density at radius 2 is 1.79 bits per heavy atom. The van der Waals surface area contributed by atoms with Crippen LogP contribution in [0.25, 0.3) is 0 Å². The summed E-state index contributed by atoms with van der Waals surface area (Å²) in [7, 11) is 0. The van der Waals surface area contributed by atoms with Crippen LogP contribution in [0.1, 0.15) is 67.6 Å². The number of aromatic nitrogens is 2. The molecule has 150 valence electrons. The van der Waals surface area contributed by atoms with E-state index in [1.165, 1.54) is 6.92 Å². The quantitative estimate of drug-likeness (QED) is 0.443. The molecule has 2 aromatic heterocycles. The normalized spacial score (nSPS) is 11.8. The van der Waals surface area contributed by atoms with Gasteiger partial charge in [-0.15, -0.1) is 0 Å². The van der Waals surface area contributed by atoms with Gasteiger partial charge in [0.2, 0.25) is 5.78 Å². The van der Waals surface area contributed by atoms with Crippen molar-refractivity contribution < 1.29 is 23.9 Å². The van der Waals surface area contributed by atoms with Gasteiger partial charge in [0.15, 0.2) is 6.10 Å². The lowest BCUT2D eigenvalue weighted by molar-refractivity contribution is 0.0315. The third-order valence-electron chi connectivity index (χ3n) is 4.32. The molecule has 7 nitrogen and oxygen atoms in total. The first-order chi connectivity index (χ1) is 13.1. The van der Waals surface area contributed by atoms with E-state index in [1.807, 2.05) is 0 Å². The van der Waals surface area contributed by atoms with E-state index in [9.17, 15) is 14.4 Å². The molecule has 2 rings (SSSR count). The number of rotatable bonds is 6. The summed E-state index contributed by atoms with van der Waals surface area (Å²) in [6, 6.07) is 1.71. The van der Waals surface area contributed by atoms with Gasteiger partial charge in [-0.2, -0.15) is 0 Å². The van der Waals surface area contributed by atoms with E-state index in [0.29, 0.717) is 28.1 Å². The lowest BCUT2D eigenvalue weighted by Gasteiger charge is -2.14. The molecule has 0 bridgehead atoms. The molecular weight excluding hydrogens is 384 g/mol. The van der Waals surface area contributed by atoms with Gasteiger partial charge < -0.3 is 14.5 Å². The Balaban J connectivity index is 2.25. The average molecular weight is 407 g/mol. The highest BCUT2D eigenvalue weighted by Crippen LogP contribution is 2.23. The van der Waals surface area contributed by atoms with Crippen LogP contribution < -0.4 is 0 Å². The van der Waals surface area contributed by atoms with E-state index >= 15 is 0 Å².